The van der Waals surface area contributed by atoms with Crippen molar-refractivity contribution in [2.75, 3.05) is 0 Å². The second-order valence-corrected chi connectivity index (χ2v) is 6.23. The molecule has 3 nitrogen and oxygen atoms in total. The van der Waals surface area contributed by atoms with Gasteiger partial charge in [0.2, 0.25) is 0 Å². The Morgan fingerprint density at radius 2 is 2.20 bits per heavy atom. The number of nitrogens with zero attached hydrogens (tertiary/aromatic N) is 1. The van der Waals surface area contributed by atoms with Crippen molar-refractivity contribution in [1.29, 1.82) is 0 Å². The molecule has 0 bridgehead atoms. The van der Waals surface area contributed by atoms with Crippen LogP contribution in [0.3, 0.4) is 0 Å². The summed E-state index contributed by atoms with van der Waals surface area (Å²) in [7, 11) is 0. The van der Waals surface area contributed by atoms with E-state index in [0.29, 0.717) is 4.88 Å². The van der Waals surface area contributed by atoms with Crippen molar-refractivity contribution < 1.29 is 9.90 Å². The molecular formula is C15H11NO2S2. The van der Waals surface area contributed by atoms with Gasteiger partial charge in [-0.15, -0.1) is 23.1 Å². The summed E-state index contributed by atoms with van der Waals surface area (Å²) in [5.41, 5.74) is 2.20. The highest BCUT2D eigenvalue weighted by molar-refractivity contribution is 7.98. The van der Waals surface area contributed by atoms with Crippen molar-refractivity contribution in [3.8, 4) is 0 Å². The molecule has 0 saturated carbocycles. The lowest BCUT2D eigenvalue weighted by molar-refractivity contribution is 0.0702. The molecule has 0 amide bonds. The van der Waals surface area contributed by atoms with E-state index >= 15 is 0 Å². The van der Waals surface area contributed by atoms with Gasteiger partial charge >= 0.3 is 5.97 Å². The third-order valence-corrected chi connectivity index (χ3v) is 4.97. The Hall–Kier alpha value is -1.85. The molecule has 0 radical (unpaired) electrons. The Morgan fingerprint density at radius 3 is 3.00 bits per heavy atom. The molecule has 2 heterocycles. The second kappa shape index (κ2) is 5.64. The zero-order chi connectivity index (χ0) is 13.9. The number of rotatable bonds is 4. The van der Waals surface area contributed by atoms with E-state index in [9.17, 15) is 4.79 Å². The van der Waals surface area contributed by atoms with E-state index < -0.39 is 5.97 Å². The third-order valence-electron chi connectivity index (χ3n) is 2.86. The largest absolute Gasteiger partial charge is 0.477 e. The molecule has 0 atom stereocenters. The Labute approximate surface area is 124 Å². The van der Waals surface area contributed by atoms with E-state index in [1.54, 1.807) is 24.0 Å². The predicted molar refractivity (Wildman–Crippen MR) is 82.6 cm³/mol. The molecule has 3 rings (SSSR count). The number of pyridine rings is 1. The maximum Gasteiger partial charge on any atom is 0.345 e. The smallest absolute Gasteiger partial charge is 0.345 e. The molecule has 0 saturated heterocycles. The third kappa shape index (κ3) is 2.84. The van der Waals surface area contributed by atoms with Crippen molar-refractivity contribution >= 4 is 40.0 Å². The highest BCUT2D eigenvalue weighted by Crippen LogP contribution is 2.28. The summed E-state index contributed by atoms with van der Waals surface area (Å²) in [5, 5.41) is 11.9. The molecule has 0 aliphatic carbocycles. The van der Waals surface area contributed by atoms with Crippen LogP contribution in [0.5, 0.6) is 0 Å². The van der Waals surface area contributed by atoms with Crippen LogP contribution in [-0.2, 0) is 5.75 Å². The van der Waals surface area contributed by atoms with Gasteiger partial charge in [-0.3, -0.25) is 4.98 Å². The first-order chi connectivity index (χ1) is 9.72. The van der Waals surface area contributed by atoms with Crippen molar-refractivity contribution in [2.45, 2.75) is 10.6 Å². The van der Waals surface area contributed by atoms with Crippen molar-refractivity contribution in [2.24, 2.45) is 0 Å². The van der Waals surface area contributed by atoms with E-state index in [0.717, 1.165) is 21.6 Å². The minimum absolute atomic E-state index is 0.384. The van der Waals surface area contributed by atoms with E-state index in [1.807, 2.05) is 23.6 Å². The van der Waals surface area contributed by atoms with Gasteiger partial charge in [-0.1, -0.05) is 12.1 Å². The fraction of sp³-hybridized carbons (Fsp3) is 0.0667. The number of thiophene rings is 1. The van der Waals surface area contributed by atoms with Gasteiger partial charge in [-0.2, -0.15) is 0 Å². The summed E-state index contributed by atoms with van der Waals surface area (Å²) in [5.74, 6) is -0.0423. The van der Waals surface area contributed by atoms with Crippen LogP contribution in [0.25, 0.3) is 10.9 Å². The molecule has 100 valence electrons. The Kier molecular flexibility index (Phi) is 3.71. The van der Waals surface area contributed by atoms with Gasteiger partial charge < -0.3 is 5.11 Å². The summed E-state index contributed by atoms with van der Waals surface area (Å²) in [4.78, 5) is 16.5. The summed E-state index contributed by atoms with van der Waals surface area (Å²) in [6.07, 6.45) is 1.79. The highest BCUT2D eigenvalue weighted by Gasteiger charge is 2.07. The number of aromatic carboxylic acids is 1. The first-order valence-corrected chi connectivity index (χ1v) is 7.87. The Bertz CT molecular complexity index is 767. The predicted octanol–water partition coefficient (Wildman–Crippen LogP) is 4.29. The van der Waals surface area contributed by atoms with Crippen LogP contribution in [0.2, 0.25) is 0 Å². The molecule has 20 heavy (non-hydrogen) atoms. The van der Waals surface area contributed by atoms with Crippen LogP contribution in [0.15, 0.2) is 52.9 Å². The minimum Gasteiger partial charge on any atom is -0.477 e. The topological polar surface area (TPSA) is 50.2 Å². The maximum atomic E-state index is 10.8. The molecule has 0 fully saturated rings. The maximum absolute atomic E-state index is 10.8. The van der Waals surface area contributed by atoms with E-state index in [2.05, 4.69) is 17.1 Å². The lowest BCUT2D eigenvalue weighted by Crippen LogP contribution is -1.89. The number of carboxylic acid groups (broad SMARTS) is 1. The van der Waals surface area contributed by atoms with Gasteiger partial charge in [-0.25, -0.2) is 4.79 Å². The number of hydrogen-bond donors (Lipinski definition) is 1. The summed E-state index contributed by atoms with van der Waals surface area (Å²) >= 11 is 2.91. The van der Waals surface area contributed by atoms with Crippen LogP contribution in [0, 0.1) is 0 Å². The number of hydrogen-bond acceptors (Lipinski definition) is 4. The van der Waals surface area contributed by atoms with E-state index in [4.69, 9.17) is 5.11 Å². The molecule has 5 heteroatoms. The number of fused-ring (bicyclic) bond motifs is 1. The molecule has 0 unspecified atom stereocenters. The van der Waals surface area contributed by atoms with Crippen molar-refractivity contribution in [1.82, 2.24) is 4.98 Å². The first-order valence-electron chi connectivity index (χ1n) is 6.01. The number of carbonyl (C=O) groups is 1. The molecular weight excluding hydrogens is 290 g/mol. The number of aromatic nitrogens is 1. The molecule has 0 aliphatic heterocycles. The Morgan fingerprint density at radius 1 is 1.30 bits per heavy atom. The Balaban J connectivity index is 1.74. The second-order valence-electron chi connectivity index (χ2n) is 4.27. The lowest BCUT2D eigenvalue weighted by Gasteiger charge is -2.02. The highest BCUT2D eigenvalue weighted by atomic mass is 32.2. The minimum atomic E-state index is -0.862. The number of carboxylic acids is 1. The number of thioether (sulfide) groups is 1. The van der Waals surface area contributed by atoms with Gasteiger partial charge in [0.05, 0.1) is 5.52 Å². The van der Waals surface area contributed by atoms with Crippen LogP contribution in [-0.4, -0.2) is 16.1 Å². The monoisotopic (exact) mass is 301 g/mol. The lowest BCUT2D eigenvalue weighted by atomic mass is 10.1. The van der Waals surface area contributed by atoms with Crippen molar-refractivity contribution in [3.05, 3.63) is 58.4 Å². The normalized spacial score (nSPS) is 10.8. The van der Waals surface area contributed by atoms with Gasteiger partial charge in [0, 0.05) is 27.6 Å². The van der Waals surface area contributed by atoms with Gasteiger partial charge in [-0.05, 0) is 29.8 Å². The number of benzene rings is 1. The molecule has 1 aromatic carbocycles. The van der Waals surface area contributed by atoms with Crippen LogP contribution < -0.4 is 0 Å². The van der Waals surface area contributed by atoms with Crippen LogP contribution in [0.1, 0.15) is 15.2 Å². The molecule has 0 spiro atoms. The standard InChI is InChI=1S/C15H11NO2S2/c17-15(18)14-7-12(9-20-14)19-8-10-3-4-13-11(6-10)2-1-5-16-13/h1-7,9H,8H2,(H,17,18). The average molecular weight is 301 g/mol. The average Bonchev–Trinajstić information content (AvgIpc) is 2.94. The first kappa shape index (κ1) is 13.1. The van der Waals surface area contributed by atoms with Gasteiger partial charge in [0.25, 0.3) is 0 Å². The molecule has 0 aliphatic rings. The zero-order valence-electron chi connectivity index (χ0n) is 10.4. The SMILES string of the molecule is O=C(O)c1cc(SCc2ccc3ncccc3c2)cs1. The molecule has 2 aromatic heterocycles. The zero-order valence-corrected chi connectivity index (χ0v) is 12.1. The van der Waals surface area contributed by atoms with E-state index in [1.165, 1.54) is 16.9 Å². The quantitative estimate of drug-likeness (QED) is 0.730. The summed E-state index contributed by atoms with van der Waals surface area (Å²) in [6.45, 7) is 0. The summed E-state index contributed by atoms with van der Waals surface area (Å²) in [6, 6.07) is 11.9. The van der Waals surface area contributed by atoms with Crippen LogP contribution in [0.4, 0.5) is 0 Å². The fourth-order valence-corrected chi connectivity index (χ4v) is 3.70. The van der Waals surface area contributed by atoms with E-state index in [-0.39, 0.29) is 0 Å². The fourth-order valence-electron chi connectivity index (χ4n) is 1.89. The summed E-state index contributed by atoms with van der Waals surface area (Å²) < 4.78 is 0. The van der Waals surface area contributed by atoms with Gasteiger partial charge in [0.1, 0.15) is 4.88 Å². The van der Waals surface area contributed by atoms with Crippen LogP contribution >= 0.6 is 23.1 Å². The molecule has 3 aromatic rings. The van der Waals surface area contributed by atoms with Crippen molar-refractivity contribution in [3.63, 3.8) is 0 Å². The molecule has 1 N–H and O–H groups in total. The van der Waals surface area contributed by atoms with Gasteiger partial charge in [0.15, 0.2) is 0 Å².